The van der Waals surface area contributed by atoms with Crippen LogP contribution in [0.25, 0.3) is 6.08 Å². The maximum absolute atomic E-state index is 5.47. The number of hydrogen-bond acceptors (Lipinski definition) is 3. The Morgan fingerprint density at radius 3 is 3.21 bits per heavy atom. The fraction of sp³-hybridized carbons (Fsp3) is 0.667. The van der Waals surface area contributed by atoms with Crippen molar-refractivity contribution in [1.82, 2.24) is 15.1 Å². The van der Waals surface area contributed by atoms with Crippen LogP contribution < -0.4 is 5.32 Å². The van der Waals surface area contributed by atoms with E-state index in [1.54, 1.807) is 0 Å². The summed E-state index contributed by atoms with van der Waals surface area (Å²) in [4.78, 5) is 0. The molecule has 0 bridgehead atoms. The summed E-state index contributed by atoms with van der Waals surface area (Å²) in [6.45, 7) is 9.14. The summed E-state index contributed by atoms with van der Waals surface area (Å²) in [5.74, 6) is 0. The predicted octanol–water partition coefficient (Wildman–Crippen LogP) is 2.64. The number of ether oxygens (including phenoxy) is 1. The Hall–Kier alpha value is -1.13. The van der Waals surface area contributed by atoms with Gasteiger partial charge < -0.3 is 10.1 Å². The van der Waals surface area contributed by atoms with E-state index in [9.17, 15) is 0 Å². The Labute approximate surface area is 115 Å². The molecule has 4 nitrogen and oxygen atoms in total. The lowest BCUT2D eigenvalue weighted by atomic mass is 10.1. The number of hydrogen-bond donors (Lipinski definition) is 1. The monoisotopic (exact) mass is 263 g/mol. The summed E-state index contributed by atoms with van der Waals surface area (Å²) >= 11 is 0. The lowest BCUT2D eigenvalue weighted by Gasteiger charge is -2.23. The van der Waals surface area contributed by atoms with Crippen molar-refractivity contribution in [3.63, 3.8) is 0 Å². The Kier molecular flexibility index (Phi) is 5.16. The summed E-state index contributed by atoms with van der Waals surface area (Å²) in [7, 11) is 0. The van der Waals surface area contributed by atoms with Gasteiger partial charge in [-0.05, 0) is 38.8 Å². The molecule has 0 radical (unpaired) electrons. The molecule has 0 amide bonds. The Bertz CT molecular complexity index is 419. The molecule has 2 unspecified atom stereocenters. The number of rotatable bonds is 5. The number of morpholine rings is 1. The zero-order valence-corrected chi connectivity index (χ0v) is 12.2. The predicted molar refractivity (Wildman–Crippen MR) is 78.1 cm³/mol. The first kappa shape index (κ1) is 14.3. The molecule has 1 aliphatic heterocycles. The first-order valence-electron chi connectivity index (χ1n) is 7.22. The van der Waals surface area contributed by atoms with E-state index >= 15 is 0 Å². The molecule has 1 aromatic rings. The fourth-order valence-corrected chi connectivity index (χ4v) is 2.31. The summed E-state index contributed by atoms with van der Waals surface area (Å²) in [5.41, 5.74) is 2.40. The Morgan fingerprint density at radius 2 is 2.53 bits per heavy atom. The van der Waals surface area contributed by atoms with Gasteiger partial charge in [0.15, 0.2) is 0 Å². The normalized spacial score (nSPS) is 22.5. The second-order valence-corrected chi connectivity index (χ2v) is 5.40. The highest BCUT2D eigenvalue weighted by molar-refractivity contribution is 5.47. The van der Waals surface area contributed by atoms with Crippen LogP contribution in [0.15, 0.2) is 17.8 Å². The SMILES string of the molecule is CCC(C)n1ccc(/C=C(/C)CC2COCCN2)n1. The molecule has 2 heterocycles. The minimum absolute atomic E-state index is 0.446. The maximum atomic E-state index is 5.47. The van der Waals surface area contributed by atoms with E-state index in [2.05, 4.69) is 49.5 Å². The molecular formula is C15H25N3O. The van der Waals surface area contributed by atoms with Gasteiger partial charge in [-0.3, -0.25) is 4.68 Å². The van der Waals surface area contributed by atoms with Gasteiger partial charge in [-0.1, -0.05) is 12.5 Å². The van der Waals surface area contributed by atoms with Crippen LogP contribution in [-0.2, 0) is 4.74 Å². The van der Waals surface area contributed by atoms with E-state index in [4.69, 9.17) is 4.74 Å². The molecule has 1 saturated heterocycles. The van der Waals surface area contributed by atoms with Gasteiger partial charge in [0, 0.05) is 24.8 Å². The summed E-state index contributed by atoms with van der Waals surface area (Å²) in [5, 5.41) is 8.08. The van der Waals surface area contributed by atoms with Crippen LogP contribution in [0.2, 0.25) is 0 Å². The third-order valence-electron chi connectivity index (χ3n) is 3.63. The highest BCUT2D eigenvalue weighted by atomic mass is 16.5. The van der Waals surface area contributed by atoms with Crippen molar-refractivity contribution in [3.05, 3.63) is 23.5 Å². The molecule has 106 valence electrons. The molecule has 1 aromatic heterocycles. The minimum Gasteiger partial charge on any atom is -0.379 e. The summed E-state index contributed by atoms with van der Waals surface area (Å²) < 4.78 is 7.52. The molecule has 0 aromatic carbocycles. The smallest absolute Gasteiger partial charge is 0.0850 e. The largest absolute Gasteiger partial charge is 0.379 e. The van der Waals surface area contributed by atoms with Crippen molar-refractivity contribution in [2.24, 2.45) is 0 Å². The molecule has 0 saturated carbocycles. The molecule has 1 fully saturated rings. The van der Waals surface area contributed by atoms with Crippen LogP contribution in [0.3, 0.4) is 0 Å². The van der Waals surface area contributed by atoms with Gasteiger partial charge >= 0.3 is 0 Å². The average molecular weight is 263 g/mol. The zero-order valence-electron chi connectivity index (χ0n) is 12.2. The second kappa shape index (κ2) is 6.87. The quantitative estimate of drug-likeness (QED) is 0.887. The molecule has 2 atom stereocenters. The Balaban J connectivity index is 1.93. The first-order chi connectivity index (χ1) is 9.19. The minimum atomic E-state index is 0.446. The highest BCUT2D eigenvalue weighted by Crippen LogP contribution is 2.14. The van der Waals surface area contributed by atoms with E-state index in [0.717, 1.165) is 38.3 Å². The van der Waals surface area contributed by atoms with E-state index in [-0.39, 0.29) is 0 Å². The third-order valence-corrected chi connectivity index (χ3v) is 3.63. The van der Waals surface area contributed by atoms with E-state index in [1.807, 2.05) is 4.68 Å². The van der Waals surface area contributed by atoms with Gasteiger partial charge in [-0.25, -0.2) is 0 Å². The first-order valence-corrected chi connectivity index (χ1v) is 7.22. The van der Waals surface area contributed by atoms with Crippen molar-refractivity contribution < 1.29 is 4.74 Å². The van der Waals surface area contributed by atoms with Gasteiger partial charge in [0.25, 0.3) is 0 Å². The van der Waals surface area contributed by atoms with Crippen molar-refractivity contribution in [3.8, 4) is 0 Å². The van der Waals surface area contributed by atoms with Gasteiger partial charge in [0.2, 0.25) is 0 Å². The second-order valence-electron chi connectivity index (χ2n) is 5.40. The van der Waals surface area contributed by atoms with Gasteiger partial charge in [0.1, 0.15) is 0 Å². The van der Waals surface area contributed by atoms with Crippen LogP contribution in [-0.4, -0.2) is 35.6 Å². The number of nitrogens with one attached hydrogen (secondary N) is 1. The van der Waals surface area contributed by atoms with Crippen molar-refractivity contribution in [2.45, 2.75) is 45.7 Å². The lowest BCUT2D eigenvalue weighted by molar-refractivity contribution is 0.0771. The van der Waals surface area contributed by atoms with Crippen LogP contribution in [0, 0.1) is 0 Å². The standard InChI is InChI=1S/C15H25N3O/c1-4-13(3)18-7-5-14(17-18)9-12(2)10-15-11-19-8-6-16-15/h5,7,9,13,15-16H,4,6,8,10-11H2,1-3H3/b12-9-. The van der Waals surface area contributed by atoms with E-state index < -0.39 is 0 Å². The highest BCUT2D eigenvalue weighted by Gasteiger charge is 2.13. The Morgan fingerprint density at radius 1 is 1.68 bits per heavy atom. The van der Waals surface area contributed by atoms with Crippen molar-refractivity contribution in [1.29, 1.82) is 0 Å². The lowest BCUT2D eigenvalue weighted by Crippen LogP contribution is -2.41. The van der Waals surface area contributed by atoms with Crippen LogP contribution >= 0.6 is 0 Å². The van der Waals surface area contributed by atoms with Crippen LogP contribution in [0.5, 0.6) is 0 Å². The van der Waals surface area contributed by atoms with Crippen LogP contribution in [0.4, 0.5) is 0 Å². The topological polar surface area (TPSA) is 39.1 Å². The number of nitrogens with zero attached hydrogens (tertiary/aromatic N) is 2. The number of aromatic nitrogens is 2. The van der Waals surface area contributed by atoms with E-state index in [0.29, 0.717) is 12.1 Å². The molecule has 4 heteroatoms. The third kappa shape index (κ3) is 4.18. The molecule has 1 aliphatic rings. The molecule has 0 spiro atoms. The fourth-order valence-electron chi connectivity index (χ4n) is 2.31. The average Bonchev–Trinajstić information content (AvgIpc) is 2.87. The van der Waals surface area contributed by atoms with Crippen LogP contribution in [0.1, 0.15) is 45.3 Å². The van der Waals surface area contributed by atoms with E-state index in [1.165, 1.54) is 5.57 Å². The van der Waals surface area contributed by atoms with Crippen molar-refractivity contribution in [2.75, 3.05) is 19.8 Å². The molecule has 2 rings (SSSR count). The summed E-state index contributed by atoms with van der Waals surface area (Å²) in [6.07, 6.45) is 6.37. The molecule has 19 heavy (non-hydrogen) atoms. The zero-order chi connectivity index (χ0) is 13.7. The molecule has 1 N–H and O–H groups in total. The van der Waals surface area contributed by atoms with Crippen molar-refractivity contribution >= 4 is 6.08 Å². The molecular weight excluding hydrogens is 238 g/mol. The molecule has 0 aliphatic carbocycles. The maximum Gasteiger partial charge on any atom is 0.0850 e. The van der Waals surface area contributed by atoms with Gasteiger partial charge in [0.05, 0.1) is 18.9 Å². The van der Waals surface area contributed by atoms with Gasteiger partial charge in [-0.2, -0.15) is 5.10 Å². The van der Waals surface area contributed by atoms with Gasteiger partial charge in [-0.15, -0.1) is 0 Å². The summed E-state index contributed by atoms with van der Waals surface area (Å²) in [6, 6.07) is 3.00.